The number of aryl methyl sites for hydroxylation is 1. The highest BCUT2D eigenvalue weighted by Gasteiger charge is 2.51. The minimum Gasteiger partial charge on any atom is -0.492 e. The quantitative estimate of drug-likeness (QED) is 0.0220. The first-order valence-corrected chi connectivity index (χ1v) is 34.0. The molecule has 0 saturated carbocycles. The van der Waals surface area contributed by atoms with Crippen LogP contribution in [-0.2, 0) is 72.2 Å². The number of imidazole rings is 1. The van der Waals surface area contributed by atoms with Crippen LogP contribution in [0.1, 0.15) is 71.6 Å². The van der Waals surface area contributed by atoms with E-state index in [1.807, 2.05) is 60.7 Å². The Hall–Kier alpha value is -7.94. The fourth-order valence-electron chi connectivity index (χ4n) is 10.6. The Morgan fingerprint density at radius 2 is 1.52 bits per heavy atom. The Morgan fingerprint density at radius 1 is 0.815 bits per heavy atom. The van der Waals surface area contributed by atoms with E-state index in [2.05, 4.69) is 25.3 Å². The predicted octanol–water partition coefficient (Wildman–Crippen LogP) is 9.74. The van der Waals surface area contributed by atoms with Gasteiger partial charge in [0.15, 0.2) is 24.2 Å². The Bertz CT molecular complexity index is 3970. The van der Waals surface area contributed by atoms with Crippen LogP contribution in [0.5, 0.6) is 17.2 Å². The van der Waals surface area contributed by atoms with Gasteiger partial charge in [0.1, 0.15) is 78.6 Å². The zero-order chi connectivity index (χ0) is 64.5. The van der Waals surface area contributed by atoms with Crippen molar-refractivity contribution in [1.29, 1.82) is 0 Å². The minimum absolute atomic E-state index is 0.108. The summed E-state index contributed by atoms with van der Waals surface area (Å²) in [6.45, 7) is 4.43. The lowest BCUT2D eigenvalue weighted by atomic mass is 9.95. The number of amides is 1. The molecular formula is C63H65F2N9O15P2S. The second-order valence-electron chi connectivity index (χ2n) is 21.9. The van der Waals surface area contributed by atoms with Crippen LogP contribution in [0.2, 0.25) is 0 Å². The number of halogens is 2. The lowest BCUT2D eigenvalue weighted by Gasteiger charge is -2.28. The van der Waals surface area contributed by atoms with E-state index in [4.69, 9.17) is 47.7 Å². The molecule has 3 aromatic heterocycles. The fourth-order valence-corrected chi connectivity index (χ4v) is 13.6. The molecule has 482 valence electrons. The molecule has 0 bridgehead atoms. The molecule has 3 aliphatic heterocycles. The van der Waals surface area contributed by atoms with Crippen molar-refractivity contribution < 1.29 is 79.6 Å². The molecule has 8 aromatic rings. The summed E-state index contributed by atoms with van der Waals surface area (Å²) >= 11 is 1.43. The third kappa shape index (κ3) is 15.7. The molecule has 2 saturated heterocycles. The van der Waals surface area contributed by atoms with Gasteiger partial charge in [-0.1, -0.05) is 71.9 Å². The number of rotatable bonds is 26. The van der Waals surface area contributed by atoms with Crippen molar-refractivity contribution in [3.05, 3.63) is 162 Å². The van der Waals surface area contributed by atoms with Crippen molar-refractivity contribution in [3.63, 3.8) is 0 Å². The number of carbonyl (C=O) groups is 4. The van der Waals surface area contributed by atoms with E-state index in [1.165, 1.54) is 35.5 Å². The maximum absolute atomic E-state index is 16.5. The summed E-state index contributed by atoms with van der Waals surface area (Å²) in [6.07, 6.45) is -7.98. The number of ether oxygens (including phenoxy) is 6. The molecule has 24 nitrogen and oxygen atoms in total. The number of nitrogens with two attached hydrogens (primary N) is 1. The number of fused-ring (bicyclic) bond motifs is 6. The van der Waals surface area contributed by atoms with Gasteiger partial charge in [-0.05, 0) is 91.1 Å². The number of esters is 3. The van der Waals surface area contributed by atoms with Crippen molar-refractivity contribution in [1.82, 2.24) is 34.5 Å². The number of carbonyl (C=O) groups excluding carboxylic acids is 4. The number of hydrogen-bond acceptors (Lipinski definition) is 22. The fraction of sp³-hybridized carbons (Fsp3) is 0.349. The summed E-state index contributed by atoms with van der Waals surface area (Å²) in [4.78, 5) is 65.7. The number of aliphatic hydroxyl groups excluding tert-OH is 1. The van der Waals surface area contributed by atoms with E-state index >= 15 is 4.39 Å². The van der Waals surface area contributed by atoms with E-state index in [9.17, 15) is 33.2 Å². The van der Waals surface area contributed by atoms with Gasteiger partial charge in [-0.15, -0.1) is 16.5 Å². The van der Waals surface area contributed by atoms with Crippen LogP contribution in [0.25, 0.3) is 33.7 Å². The van der Waals surface area contributed by atoms with Crippen LogP contribution in [0.4, 0.5) is 14.5 Å². The van der Waals surface area contributed by atoms with Gasteiger partial charge in [0, 0.05) is 43.3 Å². The molecule has 3 aliphatic rings. The normalized spacial score (nSPS) is 20.8. The monoisotopic (exact) mass is 1320 g/mol. The molecule has 10 atom stereocenters. The molecule has 29 heteroatoms. The van der Waals surface area contributed by atoms with Crippen molar-refractivity contribution in [2.24, 2.45) is 5.73 Å². The molecule has 0 radical (unpaired) electrons. The molecule has 0 aliphatic carbocycles. The number of alkyl halides is 2. The van der Waals surface area contributed by atoms with Crippen LogP contribution in [0.3, 0.4) is 0 Å². The van der Waals surface area contributed by atoms with Crippen molar-refractivity contribution >= 4 is 67.7 Å². The third-order valence-electron chi connectivity index (χ3n) is 15.3. The summed E-state index contributed by atoms with van der Waals surface area (Å²) in [5, 5.41) is 19.4. The molecule has 1 amide bonds. The molecule has 11 rings (SSSR count). The highest BCUT2D eigenvalue weighted by molar-refractivity contribution is 8.47. The summed E-state index contributed by atoms with van der Waals surface area (Å²) in [6, 6.07) is 35.7. The first kappa shape index (κ1) is 65.5. The maximum Gasteiger partial charge on any atom is 0.343 e. The van der Waals surface area contributed by atoms with Crippen LogP contribution in [0, 0.1) is 6.92 Å². The number of nitrogens with zero attached hydrogens (tertiary/aromatic N) is 8. The van der Waals surface area contributed by atoms with Crippen LogP contribution < -0.4 is 24.8 Å². The van der Waals surface area contributed by atoms with Gasteiger partial charge >= 0.3 is 25.5 Å². The second kappa shape index (κ2) is 29.8. The van der Waals surface area contributed by atoms with Gasteiger partial charge in [-0.3, -0.25) is 28.0 Å². The number of para-hydroxylation sites is 1. The highest BCUT2D eigenvalue weighted by Crippen LogP contribution is 2.51. The summed E-state index contributed by atoms with van der Waals surface area (Å²) in [7, 11) is -4.25. The average molecular weight is 1320 g/mol. The van der Waals surface area contributed by atoms with E-state index in [-0.39, 0.29) is 59.1 Å². The first-order valence-electron chi connectivity index (χ1n) is 29.4. The van der Waals surface area contributed by atoms with Crippen LogP contribution >= 0.6 is 27.0 Å². The van der Waals surface area contributed by atoms with E-state index in [1.54, 1.807) is 77.2 Å². The van der Waals surface area contributed by atoms with E-state index in [0.29, 0.717) is 76.2 Å². The molecule has 3 N–H and O–H groups in total. The lowest BCUT2D eigenvalue weighted by molar-refractivity contribution is -0.142. The molecule has 2 fully saturated rings. The second-order valence-corrected chi connectivity index (χ2v) is 26.3. The number of benzene rings is 5. The zero-order valence-electron chi connectivity index (χ0n) is 50.0. The van der Waals surface area contributed by atoms with Crippen LogP contribution in [0.15, 0.2) is 134 Å². The van der Waals surface area contributed by atoms with Gasteiger partial charge in [-0.25, -0.2) is 33.2 Å². The number of aliphatic hydroxyl groups is 1. The predicted molar refractivity (Wildman–Crippen MR) is 334 cm³/mol. The smallest absolute Gasteiger partial charge is 0.343 e. The molecule has 92 heavy (non-hydrogen) atoms. The minimum atomic E-state index is -4.10. The van der Waals surface area contributed by atoms with Gasteiger partial charge in [0.05, 0.1) is 63.3 Å². The molecule has 0 spiro atoms. The number of aromatic nitrogens is 7. The van der Waals surface area contributed by atoms with Crippen LogP contribution in [-0.4, -0.2) is 133 Å². The average Bonchev–Trinajstić information content (AvgIpc) is 1.51. The Balaban J connectivity index is 0.639. The molecule has 1 unspecified atom stereocenters. The Labute approximate surface area is 532 Å². The standard InChI is InChI=1S/C63H65F2N9O15P2S/c1-37-55-61(68-35-67-37)73(36-69-55)62-54(65)59(89-91(3,80)84-33-49-58(78)53(64)60(66)87-49)50(88-62)32-83-90-92-34-40-18-24-45(25-19-40)86-63(79)41-20-26-43(27-21-41)81-29-28-74-57-46-11-5-4-10-42(46)30-72(48-13-7-6-12-47(48)56(57)70-71-74)51(76)14-8-9-15-52(77)85-44-22-16-39(17-23-44)31-82-38(2)75/h4-7,10-13,16-27,35-36,49-50,53-54,58-60,62,78,90H,8-9,14-15,28-34,66H2,1-3H3/t49-,50-,53-,54-,58-,59-,60-,62-,91-/m1/s1. The van der Waals surface area contributed by atoms with Crippen molar-refractivity contribution in [3.8, 4) is 39.8 Å². The maximum atomic E-state index is 16.5. The topological polar surface area (TPSA) is 292 Å². The molecular weight excluding hydrogens is 1250 g/mol. The lowest BCUT2D eigenvalue weighted by Crippen LogP contribution is -2.35. The van der Waals surface area contributed by atoms with Gasteiger partial charge < -0.3 is 53.2 Å². The number of anilines is 1. The van der Waals surface area contributed by atoms with Gasteiger partial charge in [0.25, 0.3) is 0 Å². The van der Waals surface area contributed by atoms with Crippen molar-refractivity contribution in [2.45, 2.75) is 114 Å². The number of hydrogen-bond donors (Lipinski definition) is 2. The molecule has 6 heterocycles. The largest absolute Gasteiger partial charge is 0.492 e. The summed E-state index contributed by atoms with van der Waals surface area (Å²) in [5.41, 5.74) is 13.4. The van der Waals surface area contributed by atoms with Gasteiger partial charge in [0.2, 0.25) is 5.91 Å². The van der Waals surface area contributed by atoms with Gasteiger partial charge in [-0.2, -0.15) is 0 Å². The van der Waals surface area contributed by atoms with E-state index in [0.717, 1.165) is 40.2 Å². The third-order valence-corrected chi connectivity index (χ3v) is 18.6. The highest BCUT2D eigenvalue weighted by atomic mass is 32.7. The SMILES string of the molecule is CC(=O)OCc1ccc(OC(=O)CCCCC(=O)N2Cc3ccccc3-c3c(nnn3CCOc3ccc(C(=O)Oc4ccc(CSPOC[C@H]5O[C@@H](n6cnc7c(C)ncnc76)[C@H](F)[C@@H]5O[P@](C)(=O)OC[C@H]5O[C@@H](N)[C@H](F)[C@@H]5O)cc4)cc3)-c3ccccc32)cc1. The van der Waals surface area contributed by atoms with E-state index < -0.39 is 75.4 Å². The van der Waals surface area contributed by atoms with Crippen molar-refractivity contribution in [2.75, 3.05) is 31.4 Å². The number of unbranched alkanes of at least 4 members (excludes halogenated alkanes) is 1. The first-order chi connectivity index (χ1) is 44.5. The molecule has 5 aromatic carbocycles. The summed E-state index contributed by atoms with van der Waals surface area (Å²) < 4.78 is 98.3. The Kier molecular flexibility index (Phi) is 21.2. The Morgan fingerprint density at radius 3 is 2.27 bits per heavy atom. The summed E-state index contributed by atoms with van der Waals surface area (Å²) in [5.74, 6) is 0.237. The zero-order valence-corrected chi connectivity index (χ0v) is 52.7.